The molecule has 5 nitrogen and oxygen atoms in total. The Balaban J connectivity index is 1.67. The summed E-state index contributed by atoms with van der Waals surface area (Å²) in [5.74, 6) is 1.72. The Morgan fingerprint density at radius 3 is 2.95 bits per heavy atom. The van der Waals surface area contributed by atoms with Crippen LogP contribution in [0.5, 0.6) is 11.5 Å². The SMILES string of the molecule is Cc1ccnc(NC(=O)C=Cc2ccc3c(c2)OCO3)c1. The third-order valence-electron chi connectivity index (χ3n) is 2.99. The molecule has 2 aromatic rings. The second kappa shape index (κ2) is 5.66. The van der Waals surface area contributed by atoms with Gasteiger partial charge in [0.1, 0.15) is 5.82 Å². The summed E-state index contributed by atoms with van der Waals surface area (Å²) < 4.78 is 10.5. The number of nitrogens with zero attached hydrogens (tertiary/aromatic N) is 1. The van der Waals surface area contributed by atoms with Crippen LogP contribution in [0.15, 0.2) is 42.6 Å². The number of carbonyl (C=O) groups excluding carboxylic acids is 1. The van der Waals surface area contributed by atoms with Crippen molar-refractivity contribution < 1.29 is 14.3 Å². The maximum absolute atomic E-state index is 11.8. The zero-order chi connectivity index (χ0) is 14.7. The Kier molecular flexibility index (Phi) is 3.55. The van der Waals surface area contributed by atoms with Gasteiger partial charge in [0, 0.05) is 12.3 Å². The van der Waals surface area contributed by atoms with E-state index in [-0.39, 0.29) is 12.7 Å². The van der Waals surface area contributed by atoms with Crippen LogP contribution < -0.4 is 14.8 Å². The van der Waals surface area contributed by atoms with E-state index in [1.54, 1.807) is 12.3 Å². The van der Waals surface area contributed by atoms with Gasteiger partial charge < -0.3 is 14.8 Å². The van der Waals surface area contributed by atoms with Gasteiger partial charge in [-0.2, -0.15) is 0 Å². The zero-order valence-electron chi connectivity index (χ0n) is 11.5. The van der Waals surface area contributed by atoms with Gasteiger partial charge in [-0.1, -0.05) is 6.07 Å². The molecular weight excluding hydrogens is 268 g/mol. The topological polar surface area (TPSA) is 60.5 Å². The van der Waals surface area contributed by atoms with Gasteiger partial charge in [0.2, 0.25) is 12.7 Å². The van der Waals surface area contributed by atoms with Gasteiger partial charge in [-0.15, -0.1) is 0 Å². The summed E-state index contributed by atoms with van der Waals surface area (Å²) in [5, 5.41) is 2.71. The third kappa shape index (κ3) is 3.20. The molecule has 1 N–H and O–H groups in total. The zero-order valence-corrected chi connectivity index (χ0v) is 11.5. The Morgan fingerprint density at radius 2 is 2.10 bits per heavy atom. The molecule has 106 valence electrons. The lowest BCUT2D eigenvalue weighted by Gasteiger charge is -2.01. The molecule has 2 heterocycles. The molecule has 0 atom stereocenters. The van der Waals surface area contributed by atoms with E-state index < -0.39 is 0 Å². The Labute approximate surface area is 122 Å². The lowest BCUT2D eigenvalue weighted by molar-refractivity contribution is -0.111. The number of amides is 1. The average molecular weight is 282 g/mol. The molecule has 1 aliphatic rings. The highest BCUT2D eigenvalue weighted by Crippen LogP contribution is 2.32. The van der Waals surface area contributed by atoms with Gasteiger partial charge in [0.15, 0.2) is 11.5 Å². The second-order valence-corrected chi connectivity index (χ2v) is 4.65. The van der Waals surface area contributed by atoms with Crippen molar-refractivity contribution in [2.45, 2.75) is 6.92 Å². The van der Waals surface area contributed by atoms with Crippen molar-refractivity contribution in [3.8, 4) is 11.5 Å². The Morgan fingerprint density at radius 1 is 1.24 bits per heavy atom. The Hall–Kier alpha value is -2.82. The van der Waals surface area contributed by atoms with Crippen LogP contribution in [-0.2, 0) is 4.79 Å². The molecule has 0 fully saturated rings. The van der Waals surface area contributed by atoms with Crippen LogP contribution in [-0.4, -0.2) is 17.7 Å². The number of anilines is 1. The van der Waals surface area contributed by atoms with Gasteiger partial charge >= 0.3 is 0 Å². The number of aromatic nitrogens is 1. The molecule has 0 radical (unpaired) electrons. The van der Waals surface area contributed by atoms with Crippen molar-refractivity contribution in [1.82, 2.24) is 4.98 Å². The molecule has 0 bridgehead atoms. The summed E-state index contributed by atoms with van der Waals surface area (Å²) in [5.41, 5.74) is 1.91. The van der Waals surface area contributed by atoms with E-state index in [1.165, 1.54) is 6.08 Å². The molecule has 0 aliphatic carbocycles. The van der Waals surface area contributed by atoms with Crippen LogP contribution in [0.1, 0.15) is 11.1 Å². The normalized spacial score (nSPS) is 12.6. The molecule has 1 aliphatic heterocycles. The van der Waals surface area contributed by atoms with E-state index in [9.17, 15) is 4.79 Å². The summed E-state index contributed by atoms with van der Waals surface area (Å²) in [6.45, 7) is 2.18. The van der Waals surface area contributed by atoms with Crippen molar-refractivity contribution in [2.75, 3.05) is 12.1 Å². The fourth-order valence-corrected chi connectivity index (χ4v) is 1.96. The minimum atomic E-state index is -0.231. The number of carbonyl (C=O) groups is 1. The fourth-order valence-electron chi connectivity index (χ4n) is 1.96. The quantitative estimate of drug-likeness (QED) is 0.879. The molecule has 0 spiro atoms. The van der Waals surface area contributed by atoms with Crippen LogP contribution >= 0.6 is 0 Å². The lowest BCUT2D eigenvalue weighted by atomic mass is 10.2. The van der Waals surface area contributed by atoms with Crippen molar-refractivity contribution in [3.05, 3.63) is 53.7 Å². The summed E-state index contributed by atoms with van der Waals surface area (Å²) >= 11 is 0. The summed E-state index contributed by atoms with van der Waals surface area (Å²) in [6.07, 6.45) is 4.83. The number of aryl methyl sites for hydroxylation is 1. The number of ether oxygens (including phenoxy) is 2. The van der Waals surface area contributed by atoms with E-state index in [4.69, 9.17) is 9.47 Å². The minimum Gasteiger partial charge on any atom is -0.454 e. The van der Waals surface area contributed by atoms with Gasteiger partial charge in [-0.3, -0.25) is 4.79 Å². The maximum atomic E-state index is 11.8. The first kappa shape index (κ1) is 13.2. The standard InChI is InChI=1S/C16H14N2O3/c1-11-6-7-17-15(8-11)18-16(19)5-3-12-2-4-13-14(9-12)21-10-20-13/h2-9H,10H2,1H3,(H,17,18,19). The van der Waals surface area contributed by atoms with Crippen LogP contribution in [0.3, 0.4) is 0 Å². The molecule has 1 aromatic heterocycles. The van der Waals surface area contributed by atoms with Crippen molar-refractivity contribution in [2.24, 2.45) is 0 Å². The van der Waals surface area contributed by atoms with E-state index in [0.717, 1.165) is 16.9 Å². The molecule has 0 saturated heterocycles. The van der Waals surface area contributed by atoms with Gasteiger partial charge in [0.05, 0.1) is 0 Å². The fraction of sp³-hybridized carbons (Fsp3) is 0.125. The minimum absolute atomic E-state index is 0.231. The molecule has 3 rings (SSSR count). The molecule has 0 unspecified atom stereocenters. The number of nitrogens with one attached hydrogen (secondary N) is 1. The molecule has 1 aromatic carbocycles. The van der Waals surface area contributed by atoms with E-state index in [2.05, 4.69) is 10.3 Å². The van der Waals surface area contributed by atoms with Crippen LogP contribution in [0.4, 0.5) is 5.82 Å². The first-order chi connectivity index (χ1) is 10.2. The van der Waals surface area contributed by atoms with Crippen LogP contribution in [0.25, 0.3) is 6.08 Å². The Bertz CT molecular complexity index is 710. The number of rotatable bonds is 3. The average Bonchev–Trinajstić information content (AvgIpc) is 2.92. The lowest BCUT2D eigenvalue weighted by Crippen LogP contribution is -2.09. The molecule has 0 saturated carbocycles. The number of fused-ring (bicyclic) bond motifs is 1. The molecule has 5 heteroatoms. The van der Waals surface area contributed by atoms with E-state index in [0.29, 0.717) is 11.6 Å². The third-order valence-corrected chi connectivity index (χ3v) is 2.99. The summed E-state index contributed by atoms with van der Waals surface area (Å²) in [6, 6.07) is 9.20. The van der Waals surface area contributed by atoms with Crippen molar-refractivity contribution in [1.29, 1.82) is 0 Å². The van der Waals surface area contributed by atoms with E-state index in [1.807, 2.05) is 37.3 Å². The highest BCUT2D eigenvalue weighted by Gasteiger charge is 2.12. The first-order valence-corrected chi connectivity index (χ1v) is 6.52. The summed E-state index contributed by atoms with van der Waals surface area (Å²) in [4.78, 5) is 15.9. The highest BCUT2D eigenvalue weighted by molar-refractivity contribution is 6.01. The van der Waals surface area contributed by atoms with E-state index >= 15 is 0 Å². The highest BCUT2D eigenvalue weighted by atomic mass is 16.7. The second-order valence-electron chi connectivity index (χ2n) is 4.65. The van der Waals surface area contributed by atoms with Gasteiger partial charge in [-0.25, -0.2) is 4.98 Å². The number of hydrogen-bond acceptors (Lipinski definition) is 4. The predicted molar refractivity (Wildman–Crippen MR) is 79.2 cm³/mol. The maximum Gasteiger partial charge on any atom is 0.249 e. The number of benzene rings is 1. The largest absolute Gasteiger partial charge is 0.454 e. The van der Waals surface area contributed by atoms with Crippen LogP contribution in [0, 0.1) is 6.92 Å². The monoisotopic (exact) mass is 282 g/mol. The predicted octanol–water partition coefficient (Wildman–Crippen LogP) is 2.77. The molecule has 1 amide bonds. The molecular formula is C16H14N2O3. The van der Waals surface area contributed by atoms with Crippen LogP contribution in [0.2, 0.25) is 0 Å². The van der Waals surface area contributed by atoms with Gasteiger partial charge in [0.25, 0.3) is 0 Å². The first-order valence-electron chi connectivity index (χ1n) is 6.52. The summed E-state index contributed by atoms with van der Waals surface area (Å²) in [7, 11) is 0. The smallest absolute Gasteiger partial charge is 0.249 e. The molecule has 21 heavy (non-hydrogen) atoms. The number of hydrogen-bond donors (Lipinski definition) is 1. The van der Waals surface area contributed by atoms with Gasteiger partial charge in [-0.05, 0) is 48.4 Å². The van der Waals surface area contributed by atoms with Crippen molar-refractivity contribution in [3.63, 3.8) is 0 Å². The number of pyridine rings is 1. The van der Waals surface area contributed by atoms with Crippen molar-refractivity contribution >= 4 is 17.8 Å².